The van der Waals surface area contributed by atoms with Crippen LogP contribution in [0.25, 0.3) is 11.0 Å². The third-order valence-electron chi connectivity index (χ3n) is 3.07. The van der Waals surface area contributed by atoms with Crippen molar-refractivity contribution >= 4 is 28.6 Å². The van der Waals surface area contributed by atoms with E-state index in [0.29, 0.717) is 6.54 Å². The van der Waals surface area contributed by atoms with E-state index in [2.05, 4.69) is 9.72 Å². The van der Waals surface area contributed by atoms with E-state index in [1.165, 1.54) is 7.11 Å². The van der Waals surface area contributed by atoms with Crippen molar-refractivity contribution in [1.29, 1.82) is 0 Å². The average molecular weight is 311 g/mol. The van der Waals surface area contributed by atoms with Gasteiger partial charge in [0.1, 0.15) is 17.1 Å². The number of aromatic nitrogens is 2. The third-order valence-corrected chi connectivity index (χ3v) is 3.31. The zero-order valence-corrected chi connectivity index (χ0v) is 13.2. The lowest BCUT2D eigenvalue weighted by Crippen LogP contribution is -2.09. The summed E-state index contributed by atoms with van der Waals surface area (Å²) in [6, 6.07) is 5.75. The Balaban J connectivity index is 2.41. The van der Waals surface area contributed by atoms with Gasteiger partial charge in [-0.1, -0.05) is 6.07 Å². The van der Waals surface area contributed by atoms with Crippen LogP contribution >= 0.6 is 11.6 Å². The first-order valence-electron chi connectivity index (χ1n) is 6.84. The van der Waals surface area contributed by atoms with E-state index in [4.69, 9.17) is 16.3 Å². The fourth-order valence-electron chi connectivity index (χ4n) is 2.18. The largest absolute Gasteiger partial charge is 0.489 e. The first-order chi connectivity index (χ1) is 10.1. The minimum Gasteiger partial charge on any atom is -0.489 e. The summed E-state index contributed by atoms with van der Waals surface area (Å²) in [4.78, 5) is 15.9. The molecule has 0 unspecified atom stereocenters. The Labute approximate surface area is 128 Å². The number of imidazole rings is 1. The van der Waals surface area contributed by atoms with Gasteiger partial charge in [-0.05, 0) is 26.0 Å². The molecule has 114 valence electrons. The number of esters is 1. The van der Waals surface area contributed by atoms with Gasteiger partial charge in [-0.25, -0.2) is 4.98 Å². The van der Waals surface area contributed by atoms with Crippen LogP contribution in [0.2, 0.25) is 0 Å². The molecule has 0 aliphatic rings. The highest BCUT2D eigenvalue weighted by atomic mass is 35.5. The van der Waals surface area contributed by atoms with Gasteiger partial charge in [-0.2, -0.15) is 0 Å². The van der Waals surface area contributed by atoms with Crippen LogP contribution < -0.4 is 4.74 Å². The molecule has 0 amide bonds. The maximum absolute atomic E-state index is 11.3. The Morgan fingerprint density at radius 2 is 2.19 bits per heavy atom. The molecule has 0 saturated carbocycles. The van der Waals surface area contributed by atoms with Gasteiger partial charge in [0.05, 0.1) is 31.0 Å². The predicted octanol–water partition coefficient (Wildman–Crippen LogP) is 3.13. The van der Waals surface area contributed by atoms with Crippen molar-refractivity contribution in [1.82, 2.24) is 9.55 Å². The summed E-state index contributed by atoms with van der Waals surface area (Å²) in [6.07, 6.45) is 0.344. The lowest BCUT2D eigenvalue weighted by molar-refractivity contribution is -0.140. The summed E-state index contributed by atoms with van der Waals surface area (Å²) >= 11 is 5.97. The quantitative estimate of drug-likeness (QED) is 0.607. The Bertz CT molecular complexity index is 637. The first-order valence-corrected chi connectivity index (χ1v) is 7.37. The number of aryl methyl sites for hydroxylation is 1. The van der Waals surface area contributed by atoms with E-state index >= 15 is 0 Å². The molecule has 0 spiro atoms. The van der Waals surface area contributed by atoms with Gasteiger partial charge in [-0.15, -0.1) is 11.6 Å². The first kappa shape index (κ1) is 15.6. The van der Waals surface area contributed by atoms with Gasteiger partial charge in [0.2, 0.25) is 0 Å². The molecule has 0 fully saturated rings. The van der Waals surface area contributed by atoms with Gasteiger partial charge in [0.15, 0.2) is 0 Å². The zero-order valence-electron chi connectivity index (χ0n) is 12.4. The molecule has 1 heterocycles. The summed E-state index contributed by atoms with van der Waals surface area (Å²) in [5.74, 6) is 1.46. The Kier molecular flexibility index (Phi) is 5.07. The highest BCUT2D eigenvalue weighted by molar-refractivity contribution is 6.16. The van der Waals surface area contributed by atoms with E-state index in [1.807, 2.05) is 36.6 Å². The maximum atomic E-state index is 11.3. The second kappa shape index (κ2) is 6.80. The summed E-state index contributed by atoms with van der Waals surface area (Å²) < 4.78 is 12.4. The summed E-state index contributed by atoms with van der Waals surface area (Å²) in [6.45, 7) is 4.42. The van der Waals surface area contributed by atoms with Crippen LogP contribution in [-0.4, -0.2) is 28.7 Å². The van der Waals surface area contributed by atoms with E-state index in [9.17, 15) is 4.79 Å². The SMILES string of the molecule is COC(=O)CCn1c(CCl)nc2c(OC(C)C)cccc21. The Morgan fingerprint density at radius 1 is 1.43 bits per heavy atom. The molecule has 0 saturated heterocycles. The fraction of sp³-hybridized carbons (Fsp3) is 0.467. The van der Waals surface area contributed by atoms with Crippen LogP contribution in [0, 0.1) is 0 Å². The van der Waals surface area contributed by atoms with Crippen LogP contribution in [0.3, 0.4) is 0 Å². The molecule has 0 aliphatic carbocycles. The highest BCUT2D eigenvalue weighted by Crippen LogP contribution is 2.27. The van der Waals surface area contributed by atoms with Crippen molar-refractivity contribution < 1.29 is 14.3 Å². The van der Waals surface area contributed by atoms with Gasteiger partial charge in [0.25, 0.3) is 0 Å². The second-order valence-corrected chi connectivity index (χ2v) is 5.20. The maximum Gasteiger partial charge on any atom is 0.307 e. The number of para-hydroxylation sites is 1. The molecular formula is C15H19ClN2O3. The number of methoxy groups -OCH3 is 1. The van der Waals surface area contributed by atoms with Crippen molar-refractivity contribution in [3.63, 3.8) is 0 Å². The summed E-state index contributed by atoms with van der Waals surface area (Å²) in [5.41, 5.74) is 1.68. The normalized spacial score (nSPS) is 11.1. The van der Waals surface area contributed by atoms with Crippen LogP contribution in [0.5, 0.6) is 5.75 Å². The van der Waals surface area contributed by atoms with Gasteiger partial charge >= 0.3 is 5.97 Å². The van der Waals surface area contributed by atoms with Crippen molar-refractivity contribution in [3.8, 4) is 5.75 Å². The van der Waals surface area contributed by atoms with Crippen molar-refractivity contribution in [2.45, 2.75) is 38.8 Å². The zero-order chi connectivity index (χ0) is 15.4. The summed E-state index contributed by atoms with van der Waals surface area (Å²) in [5, 5.41) is 0. The van der Waals surface area contributed by atoms with Crippen LogP contribution in [0.1, 0.15) is 26.1 Å². The minimum absolute atomic E-state index is 0.0651. The van der Waals surface area contributed by atoms with Gasteiger partial charge in [0, 0.05) is 6.54 Å². The number of halogens is 1. The standard InChI is InChI=1S/C15H19ClN2O3/c1-10(2)21-12-6-4-5-11-15(12)17-13(9-16)18(11)8-7-14(19)20-3/h4-6,10H,7-9H2,1-3H3. The fourth-order valence-corrected chi connectivity index (χ4v) is 2.38. The number of ether oxygens (including phenoxy) is 2. The molecular weight excluding hydrogens is 292 g/mol. The molecule has 0 aliphatic heterocycles. The number of nitrogens with zero attached hydrogens (tertiary/aromatic N) is 2. The Hall–Kier alpha value is -1.75. The molecule has 1 aromatic carbocycles. The minimum atomic E-state index is -0.257. The lowest BCUT2D eigenvalue weighted by Gasteiger charge is -2.10. The molecule has 0 bridgehead atoms. The average Bonchev–Trinajstić information content (AvgIpc) is 2.83. The smallest absolute Gasteiger partial charge is 0.307 e. The molecule has 21 heavy (non-hydrogen) atoms. The van der Waals surface area contributed by atoms with E-state index in [-0.39, 0.29) is 24.4 Å². The van der Waals surface area contributed by atoms with Crippen molar-refractivity contribution in [2.24, 2.45) is 0 Å². The van der Waals surface area contributed by atoms with Crippen LogP contribution in [0.15, 0.2) is 18.2 Å². The molecule has 0 atom stereocenters. The van der Waals surface area contributed by atoms with Crippen LogP contribution in [0.4, 0.5) is 0 Å². The molecule has 2 aromatic rings. The topological polar surface area (TPSA) is 53.4 Å². The van der Waals surface area contributed by atoms with E-state index in [1.54, 1.807) is 0 Å². The highest BCUT2D eigenvalue weighted by Gasteiger charge is 2.15. The van der Waals surface area contributed by atoms with E-state index in [0.717, 1.165) is 22.6 Å². The van der Waals surface area contributed by atoms with Crippen molar-refractivity contribution in [2.75, 3.05) is 7.11 Å². The molecule has 2 rings (SSSR count). The predicted molar refractivity (Wildman–Crippen MR) is 81.7 cm³/mol. The number of alkyl halides is 1. The monoisotopic (exact) mass is 310 g/mol. The van der Waals surface area contributed by atoms with Gasteiger partial charge in [-0.3, -0.25) is 4.79 Å². The lowest BCUT2D eigenvalue weighted by atomic mass is 10.3. The Morgan fingerprint density at radius 3 is 2.81 bits per heavy atom. The molecule has 1 aromatic heterocycles. The summed E-state index contributed by atoms with van der Waals surface area (Å²) in [7, 11) is 1.38. The molecule has 0 radical (unpaired) electrons. The second-order valence-electron chi connectivity index (χ2n) is 4.93. The number of carbonyl (C=O) groups excluding carboxylic acids is 1. The van der Waals surface area contributed by atoms with E-state index < -0.39 is 0 Å². The molecule has 0 N–H and O–H groups in total. The number of hydrogen-bond donors (Lipinski definition) is 0. The van der Waals surface area contributed by atoms with Gasteiger partial charge < -0.3 is 14.0 Å². The third kappa shape index (κ3) is 3.47. The number of hydrogen-bond acceptors (Lipinski definition) is 4. The number of benzene rings is 1. The molecule has 5 nitrogen and oxygen atoms in total. The van der Waals surface area contributed by atoms with Crippen molar-refractivity contribution in [3.05, 3.63) is 24.0 Å². The van der Waals surface area contributed by atoms with Crippen LogP contribution in [-0.2, 0) is 22.0 Å². The number of fused-ring (bicyclic) bond motifs is 1. The molecule has 6 heteroatoms. The number of carbonyl (C=O) groups is 1. The number of rotatable bonds is 6.